The molecule has 0 aromatic rings. The van der Waals surface area contributed by atoms with Gasteiger partial charge in [0.25, 0.3) is 0 Å². The van der Waals surface area contributed by atoms with Crippen LogP contribution in [0, 0.1) is 57.2 Å². The summed E-state index contributed by atoms with van der Waals surface area (Å²) >= 11 is 0. The summed E-state index contributed by atoms with van der Waals surface area (Å²) in [5.41, 5.74) is 5.17. The van der Waals surface area contributed by atoms with Crippen LogP contribution in [0.4, 0.5) is 0 Å². The minimum absolute atomic E-state index is 0.0476. The molecule has 1 heterocycles. The van der Waals surface area contributed by atoms with Crippen molar-refractivity contribution in [1.29, 1.82) is 0 Å². The van der Waals surface area contributed by atoms with Gasteiger partial charge in [-0.2, -0.15) is 0 Å². The fraction of sp³-hybridized carbons (Fsp3) is 0.829. The molecule has 1 aliphatic heterocycles. The van der Waals surface area contributed by atoms with E-state index in [9.17, 15) is 18.3 Å². The molecule has 0 aromatic heterocycles. The Morgan fingerprint density at radius 2 is 1.69 bits per heavy atom. The molecule has 6 aliphatic carbocycles. The van der Waals surface area contributed by atoms with Crippen molar-refractivity contribution in [1.82, 2.24) is 10.2 Å². The Balaban J connectivity index is 1.14. The molecular weight excluding hydrogens is 617 g/mol. The molecule has 7 aliphatic rings. The highest BCUT2D eigenvalue weighted by Crippen LogP contribution is 2.76. The van der Waals surface area contributed by atoms with Crippen molar-refractivity contribution >= 4 is 15.8 Å². The first-order valence-corrected chi connectivity index (χ1v) is 21.3. The van der Waals surface area contributed by atoms with Crippen LogP contribution >= 0.6 is 0 Å². The average molecular weight is 681 g/mol. The summed E-state index contributed by atoms with van der Waals surface area (Å²) in [7, 11) is -2.86. The van der Waals surface area contributed by atoms with Gasteiger partial charge in [-0.25, -0.2) is 8.42 Å². The van der Waals surface area contributed by atoms with Crippen molar-refractivity contribution in [3.8, 4) is 0 Å². The van der Waals surface area contributed by atoms with Crippen LogP contribution in [-0.4, -0.2) is 67.6 Å². The van der Waals surface area contributed by atoms with E-state index >= 15 is 0 Å². The molecule has 48 heavy (non-hydrogen) atoms. The summed E-state index contributed by atoms with van der Waals surface area (Å²) < 4.78 is 24.0. The Hall–Kier alpha value is -1.44. The summed E-state index contributed by atoms with van der Waals surface area (Å²) in [5.74, 6) is 2.76. The van der Waals surface area contributed by atoms with Crippen LogP contribution in [0.2, 0.25) is 0 Å². The number of carbonyl (C=O) groups is 1. The molecule has 0 aromatic carbocycles. The lowest BCUT2D eigenvalue weighted by atomic mass is 9.33. The van der Waals surface area contributed by atoms with Gasteiger partial charge in [-0.15, -0.1) is 0 Å². The summed E-state index contributed by atoms with van der Waals surface area (Å²) in [6.45, 7) is 23.1. The fourth-order valence-corrected chi connectivity index (χ4v) is 15.5. The molecule has 6 nitrogen and oxygen atoms in total. The number of aliphatic carboxylic acids is 1. The molecule has 5 fully saturated rings. The molecule has 7 heteroatoms. The number of allylic oxidation sites excluding steroid dienone is 4. The highest BCUT2D eigenvalue weighted by Gasteiger charge is 2.70. The number of nitrogens with zero attached hydrogens (tertiary/aromatic N) is 1. The zero-order valence-electron chi connectivity index (χ0n) is 30.9. The quantitative estimate of drug-likeness (QED) is 0.269. The molecule has 0 spiro atoms. The van der Waals surface area contributed by atoms with Gasteiger partial charge < -0.3 is 15.3 Å². The summed E-state index contributed by atoms with van der Waals surface area (Å²) in [5, 5.41) is 13.9. The second-order valence-corrected chi connectivity index (χ2v) is 21.3. The number of fused-ring (bicyclic) bond motifs is 7. The number of carboxylic acid groups (broad SMARTS) is 1. The highest BCUT2D eigenvalue weighted by atomic mass is 32.2. The van der Waals surface area contributed by atoms with Crippen LogP contribution in [0.3, 0.4) is 0 Å². The normalized spacial score (nSPS) is 46.4. The maximum Gasteiger partial charge on any atom is 0.310 e. The SMILES string of the molecule is C=C(C)C1CCC2(NCCN3CCS(=O)(=O)CC3)CCC3(C)C(CCC4C5(C)CC=C(C6=CC(C(=O)O)CC6)C(C)(C)C5CCC43C)C12. The monoisotopic (exact) mass is 680 g/mol. The van der Waals surface area contributed by atoms with Gasteiger partial charge in [0.2, 0.25) is 0 Å². The largest absolute Gasteiger partial charge is 0.481 e. The van der Waals surface area contributed by atoms with E-state index in [4.69, 9.17) is 0 Å². The van der Waals surface area contributed by atoms with Crippen molar-refractivity contribution in [2.24, 2.45) is 57.2 Å². The minimum atomic E-state index is -2.86. The van der Waals surface area contributed by atoms with Crippen LogP contribution in [0.25, 0.3) is 0 Å². The van der Waals surface area contributed by atoms with Crippen molar-refractivity contribution in [3.63, 3.8) is 0 Å². The van der Waals surface area contributed by atoms with Gasteiger partial charge in [0.1, 0.15) is 0 Å². The van der Waals surface area contributed by atoms with Gasteiger partial charge in [0, 0.05) is 31.7 Å². The molecule has 2 N–H and O–H groups in total. The standard InChI is InChI=1S/C41H64N2O4S/c1-27(2)30-12-17-41(42-20-21-43-22-24-48(46,47)25-23-43)19-18-39(6)32(35(30)41)10-11-34-38(5)15-13-31(28-8-9-29(26-28)36(44)45)37(3,4)33(38)14-16-40(34,39)7/h13,26,29-30,32-35,42H,1,8-12,14-25H2,2-7H3,(H,44,45). The number of hydrogen-bond acceptors (Lipinski definition) is 5. The van der Waals surface area contributed by atoms with E-state index in [1.807, 2.05) is 0 Å². The molecule has 0 bridgehead atoms. The molecular formula is C41H64N2O4S. The van der Waals surface area contributed by atoms with E-state index in [1.54, 1.807) is 0 Å². The topological polar surface area (TPSA) is 86.7 Å². The zero-order valence-corrected chi connectivity index (χ0v) is 31.7. The summed E-state index contributed by atoms with van der Waals surface area (Å²) in [4.78, 5) is 14.1. The van der Waals surface area contributed by atoms with Crippen molar-refractivity contribution in [3.05, 3.63) is 35.5 Å². The van der Waals surface area contributed by atoms with E-state index in [-0.39, 0.29) is 33.1 Å². The van der Waals surface area contributed by atoms with E-state index < -0.39 is 15.8 Å². The summed E-state index contributed by atoms with van der Waals surface area (Å²) in [6.07, 6.45) is 17.6. The van der Waals surface area contributed by atoms with Gasteiger partial charge in [-0.1, -0.05) is 58.9 Å². The molecule has 7 rings (SSSR count). The Morgan fingerprint density at radius 1 is 0.958 bits per heavy atom. The van der Waals surface area contributed by atoms with E-state index in [1.165, 1.54) is 68.1 Å². The molecule has 10 unspecified atom stereocenters. The van der Waals surface area contributed by atoms with Crippen molar-refractivity contribution < 1.29 is 18.3 Å². The third-order valence-corrected chi connectivity index (χ3v) is 18.4. The predicted molar refractivity (Wildman–Crippen MR) is 194 cm³/mol. The van der Waals surface area contributed by atoms with Gasteiger partial charge in [0.05, 0.1) is 17.4 Å². The maximum atomic E-state index is 12.0. The fourth-order valence-electron chi connectivity index (χ4n) is 14.2. The Bertz CT molecular complexity index is 1500. The first kappa shape index (κ1) is 35.0. The van der Waals surface area contributed by atoms with Crippen LogP contribution < -0.4 is 5.32 Å². The van der Waals surface area contributed by atoms with Gasteiger partial charge in [-0.3, -0.25) is 4.79 Å². The highest BCUT2D eigenvalue weighted by molar-refractivity contribution is 7.91. The Kier molecular flexibility index (Phi) is 8.60. The zero-order chi connectivity index (χ0) is 34.5. The third-order valence-electron chi connectivity index (χ3n) is 16.8. The molecule has 1 saturated heterocycles. The predicted octanol–water partition coefficient (Wildman–Crippen LogP) is 7.67. The van der Waals surface area contributed by atoms with E-state index in [0.717, 1.165) is 32.4 Å². The van der Waals surface area contributed by atoms with Crippen LogP contribution in [0.15, 0.2) is 35.5 Å². The molecule has 4 saturated carbocycles. The van der Waals surface area contributed by atoms with Crippen LogP contribution in [-0.2, 0) is 14.6 Å². The Morgan fingerprint density at radius 3 is 2.35 bits per heavy atom. The van der Waals surface area contributed by atoms with Crippen molar-refractivity contribution in [2.45, 2.75) is 118 Å². The minimum Gasteiger partial charge on any atom is -0.481 e. The first-order valence-electron chi connectivity index (χ1n) is 19.5. The van der Waals surface area contributed by atoms with E-state index in [2.05, 4.69) is 70.5 Å². The Labute approximate surface area is 291 Å². The number of carboxylic acids is 1. The van der Waals surface area contributed by atoms with Crippen molar-refractivity contribution in [2.75, 3.05) is 37.7 Å². The first-order chi connectivity index (χ1) is 22.5. The number of sulfone groups is 1. The number of hydrogen-bond donors (Lipinski definition) is 2. The maximum absolute atomic E-state index is 12.0. The molecule has 0 amide bonds. The molecule has 268 valence electrons. The molecule has 10 atom stereocenters. The third kappa shape index (κ3) is 5.20. The second kappa shape index (κ2) is 11.8. The van der Waals surface area contributed by atoms with Gasteiger partial charge in [0.15, 0.2) is 9.84 Å². The average Bonchev–Trinajstić information content (AvgIpc) is 3.64. The second-order valence-electron chi connectivity index (χ2n) is 19.0. The lowest BCUT2D eigenvalue weighted by Crippen LogP contribution is -2.68. The van der Waals surface area contributed by atoms with Crippen LogP contribution in [0.1, 0.15) is 112 Å². The lowest BCUT2D eigenvalue weighted by Gasteiger charge is -2.72. The van der Waals surface area contributed by atoms with E-state index in [0.29, 0.717) is 54.2 Å². The van der Waals surface area contributed by atoms with Crippen LogP contribution in [0.5, 0.6) is 0 Å². The van der Waals surface area contributed by atoms with Gasteiger partial charge in [-0.05, 0) is 140 Å². The summed E-state index contributed by atoms with van der Waals surface area (Å²) in [6, 6.07) is 0. The number of rotatable bonds is 7. The molecule has 0 radical (unpaired) electrons. The van der Waals surface area contributed by atoms with Gasteiger partial charge >= 0.3 is 5.97 Å². The number of nitrogens with one attached hydrogen (secondary N) is 1. The smallest absolute Gasteiger partial charge is 0.310 e. The lowest BCUT2D eigenvalue weighted by molar-refractivity contribution is -0.221.